The summed E-state index contributed by atoms with van der Waals surface area (Å²) in [6, 6.07) is 15.0. The number of carbonyl (C=O) groups excluding carboxylic acids is 2. The number of hydrogen-bond acceptors (Lipinski definition) is 4. The molecule has 5 heteroatoms. The van der Waals surface area contributed by atoms with Gasteiger partial charge in [0.2, 0.25) is 5.78 Å². The molecule has 0 N–H and O–H groups in total. The molecule has 0 atom stereocenters. The second kappa shape index (κ2) is 7.78. The Morgan fingerprint density at radius 1 is 1.04 bits per heavy atom. The summed E-state index contributed by atoms with van der Waals surface area (Å²) < 4.78 is 7.23. The van der Waals surface area contributed by atoms with Crippen molar-refractivity contribution in [2.24, 2.45) is 0 Å². The van der Waals surface area contributed by atoms with Crippen molar-refractivity contribution in [2.75, 3.05) is 6.61 Å². The van der Waals surface area contributed by atoms with Crippen LogP contribution in [-0.2, 0) is 11.3 Å². The minimum atomic E-state index is -0.529. The zero-order valence-electron chi connectivity index (χ0n) is 14.8. The normalized spacial score (nSPS) is 10.5. The molecule has 0 saturated heterocycles. The van der Waals surface area contributed by atoms with Gasteiger partial charge in [-0.2, -0.15) is 0 Å². The SMILES string of the molecule is Cc1cc(C(=O)COC(=O)c2ccncc2)c(C)n1Cc1ccccc1. The first-order valence-electron chi connectivity index (χ1n) is 8.37. The first-order valence-corrected chi connectivity index (χ1v) is 8.37. The lowest BCUT2D eigenvalue weighted by molar-refractivity contribution is 0.0474. The van der Waals surface area contributed by atoms with Crippen LogP contribution in [0, 0.1) is 13.8 Å². The molecular weight excluding hydrogens is 328 g/mol. The van der Waals surface area contributed by atoms with Crippen molar-refractivity contribution in [1.29, 1.82) is 0 Å². The molecule has 132 valence electrons. The molecule has 5 nitrogen and oxygen atoms in total. The summed E-state index contributed by atoms with van der Waals surface area (Å²) in [4.78, 5) is 28.3. The second-order valence-electron chi connectivity index (χ2n) is 6.09. The van der Waals surface area contributed by atoms with Crippen molar-refractivity contribution in [3.63, 3.8) is 0 Å². The Labute approximate surface area is 152 Å². The minimum absolute atomic E-state index is 0.209. The van der Waals surface area contributed by atoms with Crippen LogP contribution >= 0.6 is 0 Å². The lowest BCUT2D eigenvalue weighted by Crippen LogP contribution is -2.15. The van der Waals surface area contributed by atoms with Gasteiger partial charge in [-0.25, -0.2) is 4.79 Å². The molecule has 1 aromatic carbocycles. The monoisotopic (exact) mass is 348 g/mol. The van der Waals surface area contributed by atoms with Crippen LogP contribution in [0.15, 0.2) is 60.9 Å². The maximum Gasteiger partial charge on any atom is 0.338 e. The van der Waals surface area contributed by atoms with E-state index in [4.69, 9.17) is 4.74 Å². The predicted molar refractivity (Wildman–Crippen MR) is 98.3 cm³/mol. The topological polar surface area (TPSA) is 61.2 Å². The van der Waals surface area contributed by atoms with Gasteiger partial charge in [-0.15, -0.1) is 0 Å². The maximum atomic E-state index is 12.5. The molecule has 0 aliphatic carbocycles. The Balaban J connectivity index is 1.70. The Hall–Kier alpha value is -3.21. The van der Waals surface area contributed by atoms with Gasteiger partial charge in [0, 0.05) is 35.9 Å². The van der Waals surface area contributed by atoms with Crippen LogP contribution in [0.4, 0.5) is 0 Å². The van der Waals surface area contributed by atoms with Gasteiger partial charge in [-0.05, 0) is 37.6 Å². The van der Waals surface area contributed by atoms with E-state index in [1.165, 1.54) is 12.4 Å². The first kappa shape index (κ1) is 17.6. The smallest absolute Gasteiger partial charge is 0.338 e. The molecule has 2 heterocycles. The van der Waals surface area contributed by atoms with E-state index in [9.17, 15) is 9.59 Å². The van der Waals surface area contributed by atoms with E-state index < -0.39 is 5.97 Å². The number of aryl methyl sites for hydroxylation is 1. The minimum Gasteiger partial charge on any atom is -0.454 e. The van der Waals surface area contributed by atoms with Crippen LogP contribution in [-0.4, -0.2) is 27.9 Å². The number of nitrogens with zero attached hydrogens (tertiary/aromatic N) is 2. The third kappa shape index (κ3) is 3.88. The fraction of sp³-hybridized carbons (Fsp3) is 0.190. The van der Waals surface area contributed by atoms with Gasteiger partial charge in [0.15, 0.2) is 6.61 Å². The molecule has 0 spiro atoms. The highest BCUT2D eigenvalue weighted by atomic mass is 16.5. The molecule has 26 heavy (non-hydrogen) atoms. The summed E-state index contributed by atoms with van der Waals surface area (Å²) in [5.74, 6) is -0.737. The van der Waals surface area contributed by atoms with E-state index in [1.54, 1.807) is 12.1 Å². The van der Waals surface area contributed by atoms with Crippen molar-refractivity contribution in [1.82, 2.24) is 9.55 Å². The molecule has 0 radical (unpaired) electrons. The molecule has 0 fully saturated rings. The third-order valence-electron chi connectivity index (χ3n) is 4.31. The molecule has 2 aromatic heterocycles. The quantitative estimate of drug-likeness (QED) is 0.504. The van der Waals surface area contributed by atoms with E-state index in [1.807, 2.05) is 38.1 Å². The second-order valence-corrected chi connectivity index (χ2v) is 6.09. The third-order valence-corrected chi connectivity index (χ3v) is 4.31. The van der Waals surface area contributed by atoms with Gasteiger partial charge >= 0.3 is 5.97 Å². The Bertz CT molecular complexity index is 915. The molecule has 0 amide bonds. The highest BCUT2D eigenvalue weighted by molar-refractivity contribution is 6.00. The molecule has 3 aromatic rings. The maximum absolute atomic E-state index is 12.5. The van der Waals surface area contributed by atoms with Gasteiger partial charge in [-0.3, -0.25) is 9.78 Å². The number of ketones is 1. The summed E-state index contributed by atoms with van der Waals surface area (Å²) >= 11 is 0. The molecule has 0 saturated carbocycles. The van der Waals surface area contributed by atoms with Crippen molar-refractivity contribution < 1.29 is 14.3 Å². The number of Topliss-reactive ketones (excluding diaryl/α,β-unsaturated/α-hetero) is 1. The number of carbonyl (C=O) groups is 2. The summed E-state index contributed by atoms with van der Waals surface area (Å²) in [5.41, 5.74) is 3.99. The van der Waals surface area contributed by atoms with E-state index >= 15 is 0 Å². The predicted octanol–water partition coefficient (Wildman–Crippen LogP) is 3.59. The molecule has 0 aliphatic rings. The summed E-state index contributed by atoms with van der Waals surface area (Å²) in [6.45, 7) is 4.29. The number of esters is 1. The lowest BCUT2D eigenvalue weighted by atomic mass is 10.1. The number of rotatable bonds is 6. The van der Waals surface area contributed by atoms with Gasteiger partial charge in [0.05, 0.1) is 5.56 Å². The highest BCUT2D eigenvalue weighted by Gasteiger charge is 2.18. The average Bonchev–Trinajstić information content (AvgIpc) is 2.95. The van der Waals surface area contributed by atoms with Gasteiger partial charge in [-0.1, -0.05) is 30.3 Å². The zero-order valence-corrected chi connectivity index (χ0v) is 14.8. The standard InChI is InChI=1S/C21H20N2O3/c1-15-12-19(16(2)23(15)13-17-6-4-3-5-7-17)20(24)14-26-21(25)18-8-10-22-11-9-18/h3-12H,13-14H2,1-2H3. The van der Waals surface area contributed by atoms with Gasteiger partial charge in [0.25, 0.3) is 0 Å². The molecule has 3 rings (SSSR count). The fourth-order valence-electron chi connectivity index (χ4n) is 2.87. The average molecular weight is 348 g/mol. The number of aromatic nitrogens is 2. The van der Waals surface area contributed by atoms with Crippen molar-refractivity contribution >= 4 is 11.8 Å². The van der Waals surface area contributed by atoms with E-state index in [-0.39, 0.29) is 12.4 Å². The van der Waals surface area contributed by atoms with E-state index in [0.29, 0.717) is 17.7 Å². The van der Waals surface area contributed by atoms with Gasteiger partial charge in [0.1, 0.15) is 0 Å². The molecule has 0 bridgehead atoms. The Morgan fingerprint density at radius 2 is 1.73 bits per heavy atom. The first-order chi connectivity index (χ1) is 12.6. The van der Waals surface area contributed by atoms with E-state index in [2.05, 4.69) is 21.7 Å². The number of benzene rings is 1. The van der Waals surface area contributed by atoms with Crippen molar-refractivity contribution in [2.45, 2.75) is 20.4 Å². The van der Waals surface area contributed by atoms with Crippen LogP contribution < -0.4 is 0 Å². The van der Waals surface area contributed by atoms with Crippen molar-refractivity contribution in [3.8, 4) is 0 Å². The number of ether oxygens (including phenoxy) is 1. The van der Waals surface area contributed by atoms with E-state index in [0.717, 1.165) is 17.0 Å². The van der Waals surface area contributed by atoms with Crippen LogP contribution in [0.3, 0.4) is 0 Å². The Morgan fingerprint density at radius 3 is 2.42 bits per heavy atom. The van der Waals surface area contributed by atoms with Crippen molar-refractivity contribution in [3.05, 3.63) is 89.0 Å². The van der Waals surface area contributed by atoms with Gasteiger partial charge < -0.3 is 9.30 Å². The highest BCUT2D eigenvalue weighted by Crippen LogP contribution is 2.18. The van der Waals surface area contributed by atoms with Crippen LogP contribution in [0.1, 0.15) is 37.7 Å². The summed E-state index contributed by atoms with van der Waals surface area (Å²) in [6.07, 6.45) is 3.02. The largest absolute Gasteiger partial charge is 0.454 e. The fourth-order valence-corrected chi connectivity index (χ4v) is 2.87. The van der Waals surface area contributed by atoms with Crippen LogP contribution in [0.25, 0.3) is 0 Å². The molecule has 0 aliphatic heterocycles. The number of hydrogen-bond donors (Lipinski definition) is 0. The molecule has 0 unspecified atom stereocenters. The zero-order chi connectivity index (χ0) is 18.5. The lowest BCUT2D eigenvalue weighted by Gasteiger charge is -2.10. The molecular formula is C21H20N2O3. The van der Waals surface area contributed by atoms with Crippen LogP contribution in [0.5, 0.6) is 0 Å². The summed E-state index contributed by atoms with van der Waals surface area (Å²) in [5, 5.41) is 0. The number of pyridine rings is 1. The Kier molecular flexibility index (Phi) is 5.27. The van der Waals surface area contributed by atoms with Crippen LogP contribution in [0.2, 0.25) is 0 Å². The summed E-state index contributed by atoms with van der Waals surface area (Å²) in [7, 11) is 0.